The van der Waals surface area contributed by atoms with Crippen molar-refractivity contribution in [3.63, 3.8) is 0 Å². The minimum atomic E-state index is 0.584. The lowest BCUT2D eigenvalue weighted by molar-refractivity contribution is 0.879. The summed E-state index contributed by atoms with van der Waals surface area (Å²) in [6.45, 7) is 2.20. The zero-order chi connectivity index (χ0) is 10.1. The number of hydrogen-bond donors (Lipinski definition) is 1. The summed E-state index contributed by atoms with van der Waals surface area (Å²) in [6, 6.07) is 0.584. The molecule has 3 rings (SSSR count). The topological polar surface area (TPSA) is 53.9 Å². The number of nitrogens with one attached hydrogen (secondary N) is 1. The van der Waals surface area contributed by atoms with E-state index in [9.17, 15) is 0 Å². The van der Waals surface area contributed by atoms with Crippen LogP contribution >= 0.6 is 0 Å². The van der Waals surface area contributed by atoms with Crippen LogP contribution in [0.25, 0.3) is 0 Å². The molecule has 0 atom stereocenters. The van der Waals surface area contributed by atoms with Crippen LogP contribution in [0.15, 0.2) is 6.20 Å². The van der Waals surface area contributed by atoms with Crippen LogP contribution in [0.3, 0.4) is 0 Å². The molecule has 1 N–H and O–H groups in total. The molecule has 1 aromatic rings. The van der Waals surface area contributed by atoms with Crippen LogP contribution in [0.1, 0.15) is 25.7 Å². The van der Waals surface area contributed by atoms with Gasteiger partial charge in [-0.15, -0.1) is 5.10 Å². The van der Waals surface area contributed by atoms with Crippen molar-refractivity contribution in [2.75, 3.05) is 23.3 Å². The molecule has 1 aromatic heterocycles. The Kier molecular flexibility index (Phi) is 2.16. The number of nitrogens with zero attached hydrogens (tertiary/aromatic N) is 4. The van der Waals surface area contributed by atoms with Crippen molar-refractivity contribution in [1.82, 2.24) is 15.2 Å². The maximum Gasteiger partial charge on any atom is 0.244 e. The van der Waals surface area contributed by atoms with E-state index in [2.05, 4.69) is 25.4 Å². The number of aromatic nitrogens is 3. The van der Waals surface area contributed by atoms with Gasteiger partial charge >= 0.3 is 0 Å². The summed E-state index contributed by atoms with van der Waals surface area (Å²) in [5, 5.41) is 11.3. The Morgan fingerprint density at radius 2 is 2.07 bits per heavy atom. The maximum absolute atomic E-state index is 4.48. The number of anilines is 2. The predicted octanol–water partition coefficient (Wildman–Crippen LogP) is 1.05. The first-order valence-electron chi connectivity index (χ1n) is 5.63. The van der Waals surface area contributed by atoms with E-state index >= 15 is 0 Å². The van der Waals surface area contributed by atoms with Gasteiger partial charge in [-0.1, -0.05) is 0 Å². The highest BCUT2D eigenvalue weighted by molar-refractivity contribution is 5.41. The fourth-order valence-corrected chi connectivity index (χ4v) is 1.86. The second-order valence-corrected chi connectivity index (χ2v) is 4.25. The van der Waals surface area contributed by atoms with Gasteiger partial charge in [-0.25, -0.2) is 0 Å². The van der Waals surface area contributed by atoms with Gasteiger partial charge in [0.25, 0.3) is 0 Å². The zero-order valence-electron chi connectivity index (χ0n) is 8.69. The summed E-state index contributed by atoms with van der Waals surface area (Å²) < 4.78 is 0. The Morgan fingerprint density at radius 3 is 2.80 bits per heavy atom. The average molecular weight is 205 g/mol. The summed E-state index contributed by atoms with van der Waals surface area (Å²) in [4.78, 5) is 6.75. The van der Waals surface area contributed by atoms with E-state index in [1.54, 1.807) is 6.20 Å². The highest BCUT2D eigenvalue weighted by Crippen LogP contribution is 2.23. The van der Waals surface area contributed by atoms with Gasteiger partial charge in [-0.2, -0.15) is 10.1 Å². The lowest BCUT2D eigenvalue weighted by Crippen LogP contribution is -2.20. The smallest absolute Gasteiger partial charge is 0.244 e. The SMILES string of the molecule is c1nnc(NC2CC2)nc1N1CCCC1. The first-order valence-corrected chi connectivity index (χ1v) is 5.63. The van der Waals surface area contributed by atoms with Crippen molar-refractivity contribution in [3.05, 3.63) is 6.20 Å². The Bertz CT molecular complexity index is 343. The Balaban J connectivity index is 1.75. The first kappa shape index (κ1) is 8.88. The van der Waals surface area contributed by atoms with Gasteiger partial charge in [0.05, 0.1) is 6.20 Å². The van der Waals surface area contributed by atoms with Crippen molar-refractivity contribution in [1.29, 1.82) is 0 Å². The van der Waals surface area contributed by atoms with Crippen molar-refractivity contribution in [2.24, 2.45) is 0 Å². The van der Waals surface area contributed by atoms with Gasteiger partial charge < -0.3 is 10.2 Å². The van der Waals surface area contributed by atoms with E-state index in [-0.39, 0.29) is 0 Å². The largest absolute Gasteiger partial charge is 0.355 e. The van der Waals surface area contributed by atoms with E-state index in [1.807, 2.05) is 0 Å². The molecular formula is C10H15N5. The third kappa shape index (κ3) is 2.00. The van der Waals surface area contributed by atoms with E-state index in [1.165, 1.54) is 25.7 Å². The molecule has 0 unspecified atom stereocenters. The average Bonchev–Trinajstić information content (AvgIpc) is 2.91. The lowest BCUT2D eigenvalue weighted by Gasteiger charge is -2.15. The van der Waals surface area contributed by atoms with Gasteiger partial charge in [0.2, 0.25) is 5.95 Å². The van der Waals surface area contributed by atoms with E-state index < -0.39 is 0 Å². The summed E-state index contributed by atoms with van der Waals surface area (Å²) in [5.41, 5.74) is 0. The molecule has 1 saturated heterocycles. The number of rotatable bonds is 3. The second kappa shape index (κ2) is 3.64. The predicted molar refractivity (Wildman–Crippen MR) is 57.9 cm³/mol. The van der Waals surface area contributed by atoms with E-state index in [4.69, 9.17) is 0 Å². The van der Waals surface area contributed by atoms with Crippen molar-refractivity contribution in [2.45, 2.75) is 31.7 Å². The molecule has 1 aliphatic heterocycles. The Morgan fingerprint density at radius 1 is 1.27 bits per heavy atom. The standard InChI is InChI=1S/C10H15N5/c1-2-6-15(5-1)9-7-11-14-10(13-9)12-8-3-4-8/h7-8H,1-6H2,(H,12,13,14). The van der Waals surface area contributed by atoms with Crippen LogP contribution in [-0.2, 0) is 0 Å². The molecule has 15 heavy (non-hydrogen) atoms. The summed E-state index contributed by atoms with van der Waals surface area (Å²) in [6.07, 6.45) is 6.74. The summed E-state index contributed by atoms with van der Waals surface area (Å²) in [7, 11) is 0. The van der Waals surface area contributed by atoms with Gasteiger partial charge in [-0.3, -0.25) is 0 Å². The van der Waals surface area contributed by atoms with Crippen molar-refractivity contribution < 1.29 is 0 Å². The highest BCUT2D eigenvalue weighted by atomic mass is 15.3. The van der Waals surface area contributed by atoms with Crippen LogP contribution in [0.5, 0.6) is 0 Å². The van der Waals surface area contributed by atoms with Crippen LogP contribution < -0.4 is 10.2 Å². The minimum Gasteiger partial charge on any atom is -0.355 e. The quantitative estimate of drug-likeness (QED) is 0.799. The molecule has 2 aliphatic rings. The molecule has 80 valence electrons. The molecule has 0 amide bonds. The Labute approximate surface area is 88.9 Å². The van der Waals surface area contributed by atoms with Crippen LogP contribution in [0, 0.1) is 0 Å². The summed E-state index contributed by atoms with van der Waals surface area (Å²) in [5.74, 6) is 1.65. The zero-order valence-corrected chi connectivity index (χ0v) is 8.69. The van der Waals surface area contributed by atoms with E-state index in [0.717, 1.165) is 18.9 Å². The molecule has 2 fully saturated rings. The van der Waals surface area contributed by atoms with Gasteiger partial charge in [0.15, 0.2) is 5.82 Å². The van der Waals surface area contributed by atoms with Crippen LogP contribution in [0.4, 0.5) is 11.8 Å². The molecule has 1 aliphatic carbocycles. The normalized spacial score (nSPS) is 20.7. The molecule has 0 radical (unpaired) electrons. The molecular weight excluding hydrogens is 190 g/mol. The van der Waals surface area contributed by atoms with Crippen molar-refractivity contribution in [3.8, 4) is 0 Å². The molecule has 2 heterocycles. The Hall–Kier alpha value is -1.39. The van der Waals surface area contributed by atoms with Crippen LogP contribution in [0.2, 0.25) is 0 Å². The van der Waals surface area contributed by atoms with Gasteiger partial charge in [0, 0.05) is 19.1 Å². The van der Waals surface area contributed by atoms with Gasteiger partial charge in [-0.05, 0) is 25.7 Å². The van der Waals surface area contributed by atoms with Crippen molar-refractivity contribution >= 4 is 11.8 Å². The summed E-state index contributed by atoms with van der Waals surface area (Å²) >= 11 is 0. The maximum atomic E-state index is 4.48. The lowest BCUT2D eigenvalue weighted by atomic mass is 10.4. The monoisotopic (exact) mass is 205 g/mol. The van der Waals surface area contributed by atoms with Crippen LogP contribution in [-0.4, -0.2) is 34.3 Å². The molecule has 1 saturated carbocycles. The molecule has 5 heteroatoms. The molecule has 5 nitrogen and oxygen atoms in total. The molecule has 0 aromatic carbocycles. The fraction of sp³-hybridized carbons (Fsp3) is 0.700. The minimum absolute atomic E-state index is 0.584. The third-order valence-electron chi connectivity index (χ3n) is 2.89. The molecule has 0 spiro atoms. The van der Waals surface area contributed by atoms with Gasteiger partial charge in [0.1, 0.15) is 0 Å². The molecule has 0 bridgehead atoms. The third-order valence-corrected chi connectivity index (χ3v) is 2.89. The second-order valence-electron chi connectivity index (χ2n) is 4.25. The number of hydrogen-bond acceptors (Lipinski definition) is 5. The fourth-order valence-electron chi connectivity index (χ4n) is 1.86. The van der Waals surface area contributed by atoms with E-state index in [0.29, 0.717) is 12.0 Å². The first-order chi connectivity index (χ1) is 7.42. The highest BCUT2D eigenvalue weighted by Gasteiger charge is 2.22.